The number of benzene rings is 1. The molecule has 3 N–H and O–H groups in total. The summed E-state index contributed by atoms with van der Waals surface area (Å²) in [5.41, 5.74) is 8.28. The van der Waals surface area contributed by atoms with Crippen LogP contribution in [0.2, 0.25) is 0 Å². The zero-order valence-electron chi connectivity index (χ0n) is 13.3. The van der Waals surface area contributed by atoms with Crippen molar-refractivity contribution < 1.29 is 9.84 Å². The van der Waals surface area contributed by atoms with E-state index < -0.39 is 5.79 Å². The fourth-order valence-corrected chi connectivity index (χ4v) is 2.81. The molecule has 2 aromatic rings. The molecule has 8 heteroatoms. The Labute approximate surface area is 149 Å². The van der Waals surface area contributed by atoms with Crippen molar-refractivity contribution in [3.63, 3.8) is 0 Å². The van der Waals surface area contributed by atoms with Gasteiger partial charge in [0.25, 0.3) is 0 Å². The normalized spacial score (nSPS) is 19.8. The number of ether oxygens (including phenoxy) is 1. The molecule has 1 heterocycles. The summed E-state index contributed by atoms with van der Waals surface area (Å²) in [4.78, 5) is 4.26. The first-order valence-electron chi connectivity index (χ1n) is 7.31. The Morgan fingerprint density at radius 2 is 2.00 bits per heavy atom. The van der Waals surface area contributed by atoms with Gasteiger partial charge >= 0.3 is 0 Å². The van der Waals surface area contributed by atoms with Crippen molar-refractivity contribution in [2.24, 2.45) is 0 Å². The van der Waals surface area contributed by atoms with Gasteiger partial charge in [0.1, 0.15) is 11.4 Å². The molecule has 0 amide bonds. The van der Waals surface area contributed by atoms with E-state index in [1.165, 1.54) is 13.2 Å². The zero-order chi connectivity index (χ0) is 18.0. The number of methoxy groups -OCH3 is 1. The van der Waals surface area contributed by atoms with E-state index in [2.05, 4.69) is 21.3 Å². The van der Waals surface area contributed by atoms with Gasteiger partial charge in [-0.2, -0.15) is 5.26 Å². The molecular formula is C17H14ClN5O2. The van der Waals surface area contributed by atoms with Gasteiger partial charge in [-0.1, -0.05) is 23.7 Å². The van der Waals surface area contributed by atoms with E-state index in [1.807, 2.05) is 0 Å². The molecule has 3 rings (SSSR count). The molecule has 0 spiro atoms. The number of hydrogen-bond acceptors (Lipinski definition) is 7. The summed E-state index contributed by atoms with van der Waals surface area (Å²) in [5.74, 6) is -1.52. The fourth-order valence-electron chi connectivity index (χ4n) is 2.50. The number of halogens is 1. The number of aromatic nitrogens is 3. The summed E-state index contributed by atoms with van der Waals surface area (Å²) in [7, 11) is 1.39. The van der Waals surface area contributed by atoms with Gasteiger partial charge in [-0.25, -0.2) is 4.98 Å². The van der Waals surface area contributed by atoms with Gasteiger partial charge in [-0.3, -0.25) is 0 Å². The highest BCUT2D eigenvalue weighted by molar-refractivity contribution is 6.30. The van der Waals surface area contributed by atoms with Gasteiger partial charge in [0.15, 0.2) is 5.79 Å². The number of rotatable bonds is 3. The fraction of sp³-hybridized carbons (Fsp3) is 0.176. The van der Waals surface area contributed by atoms with Crippen LogP contribution < -0.4 is 5.73 Å². The minimum absolute atomic E-state index is 0.0107. The molecule has 1 atom stereocenters. The van der Waals surface area contributed by atoms with Gasteiger partial charge < -0.3 is 15.6 Å². The molecule has 0 saturated heterocycles. The lowest BCUT2D eigenvalue weighted by Gasteiger charge is -2.27. The Morgan fingerprint density at radius 1 is 1.28 bits per heavy atom. The van der Waals surface area contributed by atoms with Crippen molar-refractivity contribution in [1.29, 1.82) is 5.26 Å². The summed E-state index contributed by atoms with van der Waals surface area (Å²) in [5, 5.41) is 27.7. The molecule has 1 unspecified atom stereocenters. The van der Waals surface area contributed by atoms with Crippen LogP contribution in [0.5, 0.6) is 0 Å². The summed E-state index contributed by atoms with van der Waals surface area (Å²) < 4.78 is 5.12. The van der Waals surface area contributed by atoms with Crippen LogP contribution in [0.3, 0.4) is 0 Å². The third kappa shape index (κ3) is 3.51. The lowest BCUT2D eigenvalue weighted by molar-refractivity contribution is -0.143. The van der Waals surface area contributed by atoms with E-state index in [0.29, 0.717) is 33.1 Å². The highest BCUT2D eigenvalue weighted by atomic mass is 35.5. The topological polar surface area (TPSA) is 118 Å². The highest BCUT2D eigenvalue weighted by Gasteiger charge is 2.30. The largest absolute Gasteiger partial charge is 0.366 e. The van der Waals surface area contributed by atoms with Gasteiger partial charge in [0.2, 0.25) is 5.95 Å². The molecule has 1 aliphatic carbocycles. The first-order chi connectivity index (χ1) is 11.9. The van der Waals surface area contributed by atoms with Crippen LogP contribution in [0.4, 0.5) is 5.95 Å². The van der Waals surface area contributed by atoms with E-state index in [-0.39, 0.29) is 12.4 Å². The first-order valence-corrected chi connectivity index (χ1v) is 7.69. The maximum absolute atomic E-state index is 10.4. The third-order valence-electron chi connectivity index (χ3n) is 3.73. The molecule has 1 aromatic heterocycles. The first kappa shape index (κ1) is 17.0. The Bertz CT molecular complexity index is 918. The third-order valence-corrected chi connectivity index (χ3v) is 3.98. The average molecular weight is 356 g/mol. The molecule has 0 radical (unpaired) electrons. The van der Waals surface area contributed by atoms with Crippen molar-refractivity contribution in [2.75, 3.05) is 12.8 Å². The van der Waals surface area contributed by atoms with Crippen molar-refractivity contribution in [2.45, 2.75) is 12.2 Å². The van der Waals surface area contributed by atoms with Crippen molar-refractivity contribution in [1.82, 2.24) is 15.2 Å². The minimum atomic E-state index is -1.54. The standard InChI is InChI=1S/C17H14ClN5O2/c1-25-17(24)7-12(6-13(18)8-17)15-14(21-16(20)23-22-15)11-4-2-10(9-19)3-5-11/h2-7,24H,8H2,1H3,(H2,20,21,23). The predicted octanol–water partition coefficient (Wildman–Crippen LogP) is 2.24. The van der Waals surface area contributed by atoms with Gasteiger partial charge in [0.05, 0.1) is 11.6 Å². The summed E-state index contributed by atoms with van der Waals surface area (Å²) in [6.07, 6.45) is 3.31. The van der Waals surface area contributed by atoms with Crippen LogP contribution in [0.1, 0.15) is 17.7 Å². The quantitative estimate of drug-likeness (QED) is 0.810. The van der Waals surface area contributed by atoms with Crippen LogP contribution in [-0.2, 0) is 4.74 Å². The Balaban J connectivity index is 2.16. The van der Waals surface area contributed by atoms with E-state index in [9.17, 15) is 5.11 Å². The predicted molar refractivity (Wildman–Crippen MR) is 92.9 cm³/mol. The summed E-state index contributed by atoms with van der Waals surface area (Å²) in [6.45, 7) is 0. The number of allylic oxidation sites excluding steroid dienone is 2. The Hall–Kier alpha value is -2.79. The zero-order valence-corrected chi connectivity index (χ0v) is 14.0. The van der Waals surface area contributed by atoms with Crippen molar-refractivity contribution >= 4 is 23.1 Å². The van der Waals surface area contributed by atoms with E-state index in [0.717, 1.165) is 0 Å². The molecule has 0 aliphatic heterocycles. The summed E-state index contributed by atoms with van der Waals surface area (Å²) >= 11 is 6.14. The molecule has 7 nitrogen and oxygen atoms in total. The van der Waals surface area contributed by atoms with E-state index in [1.54, 1.807) is 30.3 Å². The monoisotopic (exact) mass is 355 g/mol. The van der Waals surface area contributed by atoms with E-state index in [4.69, 9.17) is 27.3 Å². The number of nitrogen functional groups attached to an aromatic ring is 1. The number of anilines is 1. The second-order valence-corrected chi connectivity index (χ2v) is 5.96. The molecule has 0 saturated carbocycles. The maximum atomic E-state index is 10.4. The smallest absolute Gasteiger partial charge is 0.240 e. The molecule has 1 aliphatic rings. The number of nitrogens with zero attached hydrogens (tertiary/aromatic N) is 4. The van der Waals surface area contributed by atoms with Crippen molar-refractivity contribution in [3.8, 4) is 17.3 Å². The summed E-state index contributed by atoms with van der Waals surface area (Å²) in [6, 6.07) is 8.87. The van der Waals surface area contributed by atoms with Crippen LogP contribution in [0.15, 0.2) is 41.4 Å². The van der Waals surface area contributed by atoms with Gasteiger partial charge in [-0.05, 0) is 24.3 Å². The second-order valence-electron chi connectivity index (χ2n) is 5.47. The number of nitriles is 1. The number of hydrogen-bond donors (Lipinski definition) is 2. The minimum Gasteiger partial charge on any atom is -0.366 e. The second kappa shape index (κ2) is 6.61. The molecular weight excluding hydrogens is 342 g/mol. The van der Waals surface area contributed by atoms with Gasteiger partial charge in [-0.15, -0.1) is 10.2 Å². The molecule has 1 aromatic carbocycles. The Kier molecular flexibility index (Phi) is 4.51. The SMILES string of the molecule is COC1(O)C=C(c2nnc(N)nc2-c2ccc(C#N)cc2)C=C(Cl)C1. The maximum Gasteiger partial charge on any atom is 0.240 e. The average Bonchev–Trinajstić information content (AvgIpc) is 2.61. The number of nitrogens with two attached hydrogens (primary N) is 1. The molecule has 25 heavy (non-hydrogen) atoms. The van der Waals surface area contributed by atoms with E-state index >= 15 is 0 Å². The lowest BCUT2D eigenvalue weighted by atomic mass is 9.96. The van der Waals surface area contributed by atoms with Crippen molar-refractivity contribution in [3.05, 3.63) is 52.7 Å². The number of aliphatic hydroxyl groups is 1. The Morgan fingerprint density at radius 3 is 2.64 bits per heavy atom. The van der Waals surface area contributed by atoms with Crippen LogP contribution >= 0.6 is 11.6 Å². The van der Waals surface area contributed by atoms with Crippen LogP contribution in [-0.4, -0.2) is 33.2 Å². The van der Waals surface area contributed by atoms with Gasteiger partial charge in [0, 0.05) is 29.7 Å². The lowest BCUT2D eigenvalue weighted by Crippen LogP contribution is -2.30. The van der Waals surface area contributed by atoms with Crippen LogP contribution in [0, 0.1) is 11.3 Å². The van der Waals surface area contributed by atoms with Crippen LogP contribution in [0.25, 0.3) is 16.8 Å². The molecule has 126 valence electrons. The molecule has 0 bridgehead atoms. The highest BCUT2D eigenvalue weighted by Crippen LogP contribution is 2.35. The molecule has 0 fully saturated rings.